The van der Waals surface area contributed by atoms with Crippen LogP contribution >= 0.6 is 0 Å². The van der Waals surface area contributed by atoms with Crippen molar-refractivity contribution < 1.29 is 9.13 Å². The minimum absolute atomic E-state index is 0.223. The number of halogens is 1. The summed E-state index contributed by atoms with van der Waals surface area (Å²) < 4.78 is 18.8. The Morgan fingerprint density at radius 2 is 2.00 bits per heavy atom. The Balaban J connectivity index is 2.15. The van der Waals surface area contributed by atoms with Crippen LogP contribution in [-0.2, 0) is 6.61 Å². The van der Waals surface area contributed by atoms with Gasteiger partial charge in [-0.1, -0.05) is 11.8 Å². The van der Waals surface area contributed by atoms with E-state index in [-0.39, 0.29) is 12.4 Å². The lowest BCUT2D eigenvalue weighted by molar-refractivity contribution is 0.305. The fourth-order valence-electron chi connectivity index (χ4n) is 1.51. The molecule has 0 bridgehead atoms. The van der Waals surface area contributed by atoms with Gasteiger partial charge in [0.25, 0.3) is 0 Å². The van der Waals surface area contributed by atoms with Crippen LogP contribution in [0.2, 0.25) is 0 Å². The molecule has 0 fully saturated rings. The molecule has 1 aromatic carbocycles. The van der Waals surface area contributed by atoms with Gasteiger partial charge in [-0.3, -0.25) is 4.98 Å². The number of nitrogens with zero attached hydrogens (tertiary/aromatic N) is 1. The number of hydrogen-bond donors (Lipinski definition) is 1. The van der Waals surface area contributed by atoms with Gasteiger partial charge >= 0.3 is 0 Å². The van der Waals surface area contributed by atoms with Crippen molar-refractivity contribution in [2.75, 3.05) is 6.54 Å². The molecule has 4 heteroatoms. The predicted octanol–water partition coefficient (Wildman–Crippen LogP) is 2.11. The molecule has 0 atom stereocenters. The fourth-order valence-corrected chi connectivity index (χ4v) is 1.51. The Hall–Kier alpha value is -2.38. The van der Waals surface area contributed by atoms with E-state index in [0.29, 0.717) is 17.9 Å². The standard InChI is InChI=1S/C15H13FN2O/c16-14-3-4-15(13(10-14)2-1-7-17)19-11-12-5-8-18-9-6-12/h3-6,8-10H,7,11,17H2. The van der Waals surface area contributed by atoms with Crippen LogP contribution in [0, 0.1) is 17.7 Å². The first kappa shape index (κ1) is 13.1. The largest absolute Gasteiger partial charge is 0.488 e. The number of benzene rings is 1. The van der Waals surface area contributed by atoms with Crippen molar-refractivity contribution in [1.29, 1.82) is 0 Å². The van der Waals surface area contributed by atoms with Crippen LogP contribution in [-0.4, -0.2) is 11.5 Å². The molecule has 0 radical (unpaired) electrons. The summed E-state index contributed by atoms with van der Waals surface area (Å²) >= 11 is 0. The smallest absolute Gasteiger partial charge is 0.135 e. The number of ether oxygens (including phenoxy) is 1. The van der Waals surface area contributed by atoms with E-state index in [1.807, 2.05) is 12.1 Å². The van der Waals surface area contributed by atoms with Crippen LogP contribution in [0.3, 0.4) is 0 Å². The SMILES string of the molecule is NCC#Cc1cc(F)ccc1OCc1ccncc1. The maximum atomic E-state index is 13.2. The summed E-state index contributed by atoms with van der Waals surface area (Å²) in [7, 11) is 0. The van der Waals surface area contributed by atoms with E-state index in [2.05, 4.69) is 16.8 Å². The Morgan fingerprint density at radius 3 is 2.74 bits per heavy atom. The average molecular weight is 256 g/mol. The van der Waals surface area contributed by atoms with Gasteiger partial charge < -0.3 is 10.5 Å². The third kappa shape index (κ3) is 3.80. The lowest BCUT2D eigenvalue weighted by atomic mass is 10.2. The van der Waals surface area contributed by atoms with Crippen LogP contribution in [0.25, 0.3) is 0 Å². The topological polar surface area (TPSA) is 48.1 Å². The van der Waals surface area contributed by atoms with Crippen molar-refractivity contribution >= 4 is 0 Å². The summed E-state index contributed by atoms with van der Waals surface area (Å²) in [5, 5.41) is 0. The molecule has 19 heavy (non-hydrogen) atoms. The third-order valence-corrected chi connectivity index (χ3v) is 2.41. The van der Waals surface area contributed by atoms with Crippen LogP contribution in [0.4, 0.5) is 4.39 Å². The molecule has 0 spiro atoms. The van der Waals surface area contributed by atoms with Gasteiger partial charge in [0.2, 0.25) is 0 Å². The van der Waals surface area contributed by atoms with Crippen LogP contribution in [0.15, 0.2) is 42.7 Å². The van der Waals surface area contributed by atoms with Crippen molar-refractivity contribution in [3.8, 4) is 17.6 Å². The molecular formula is C15H13FN2O. The molecule has 2 N–H and O–H groups in total. The van der Waals surface area contributed by atoms with Gasteiger partial charge in [0.1, 0.15) is 18.2 Å². The highest BCUT2D eigenvalue weighted by Gasteiger charge is 2.03. The predicted molar refractivity (Wildman–Crippen MR) is 70.9 cm³/mol. The van der Waals surface area contributed by atoms with Crippen molar-refractivity contribution in [1.82, 2.24) is 4.98 Å². The zero-order valence-corrected chi connectivity index (χ0v) is 10.3. The molecule has 2 aromatic rings. The van der Waals surface area contributed by atoms with E-state index >= 15 is 0 Å². The van der Waals surface area contributed by atoms with Gasteiger partial charge in [0.15, 0.2) is 0 Å². The van der Waals surface area contributed by atoms with Gasteiger partial charge in [-0.05, 0) is 35.9 Å². The quantitative estimate of drug-likeness (QED) is 0.856. The maximum Gasteiger partial charge on any atom is 0.135 e. The van der Waals surface area contributed by atoms with Crippen molar-refractivity contribution in [2.24, 2.45) is 5.73 Å². The van der Waals surface area contributed by atoms with E-state index in [1.54, 1.807) is 18.5 Å². The molecular weight excluding hydrogens is 243 g/mol. The first-order valence-electron chi connectivity index (χ1n) is 5.80. The van der Waals surface area contributed by atoms with Gasteiger partial charge in [-0.15, -0.1) is 0 Å². The maximum absolute atomic E-state index is 13.2. The zero-order chi connectivity index (χ0) is 13.5. The van der Waals surface area contributed by atoms with E-state index in [4.69, 9.17) is 10.5 Å². The highest BCUT2D eigenvalue weighted by Crippen LogP contribution is 2.20. The van der Waals surface area contributed by atoms with Crippen LogP contribution in [0.1, 0.15) is 11.1 Å². The minimum atomic E-state index is -0.349. The molecule has 1 heterocycles. The monoisotopic (exact) mass is 256 g/mol. The summed E-state index contributed by atoms with van der Waals surface area (Å²) in [6, 6.07) is 7.96. The van der Waals surface area contributed by atoms with Gasteiger partial charge in [0, 0.05) is 12.4 Å². The second-order valence-corrected chi connectivity index (χ2v) is 3.79. The van der Waals surface area contributed by atoms with Gasteiger partial charge in [-0.25, -0.2) is 4.39 Å². The fraction of sp³-hybridized carbons (Fsp3) is 0.133. The molecule has 3 nitrogen and oxygen atoms in total. The molecule has 0 saturated heterocycles. The molecule has 1 aromatic heterocycles. The van der Waals surface area contributed by atoms with Crippen molar-refractivity contribution in [3.63, 3.8) is 0 Å². The molecule has 0 aliphatic carbocycles. The number of aromatic nitrogens is 1. The molecule has 0 aliphatic heterocycles. The summed E-state index contributed by atoms with van der Waals surface area (Å²) in [4.78, 5) is 3.93. The first-order chi connectivity index (χ1) is 9.29. The minimum Gasteiger partial charge on any atom is -0.488 e. The van der Waals surface area contributed by atoms with E-state index in [0.717, 1.165) is 5.56 Å². The van der Waals surface area contributed by atoms with E-state index in [9.17, 15) is 4.39 Å². The molecule has 0 unspecified atom stereocenters. The summed E-state index contributed by atoms with van der Waals surface area (Å²) in [5.41, 5.74) is 6.80. The van der Waals surface area contributed by atoms with Crippen molar-refractivity contribution in [3.05, 3.63) is 59.7 Å². The Bertz CT molecular complexity index is 603. The second-order valence-electron chi connectivity index (χ2n) is 3.79. The number of hydrogen-bond acceptors (Lipinski definition) is 3. The van der Waals surface area contributed by atoms with E-state index in [1.165, 1.54) is 12.1 Å². The number of nitrogens with two attached hydrogens (primary N) is 1. The highest BCUT2D eigenvalue weighted by molar-refractivity contribution is 5.46. The Kier molecular flexibility index (Phi) is 4.49. The zero-order valence-electron chi connectivity index (χ0n) is 10.3. The molecule has 0 saturated carbocycles. The lowest BCUT2D eigenvalue weighted by Crippen LogP contribution is -1.98. The normalized spacial score (nSPS) is 9.58. The number of pyridine rings is 1. The number of rotatable bonds is 3. The van der Waals surface area contributed by atoms with Crippen molar-refractivity contribution in [2.45, 2.75) is 6.61 Å². The molecule has 2 rings (SSSR count). The summed E-state index contributed by atoms with van der Waals surface area (Å²) in [6.07, 6.45) is 3.39. The van der Waals surface area contributed by atoms with Gasteiger partial charge in [0.05, 0.1) is 12.1 Å². The molecule has 0 amide bonds. The molecule has 0 aliphatic rings. The van der Waals surface area contributed by atoms with Gasteiger partial charge in [-0.2, -0.15) is 0 Å². The van der Waals surface area contributed by atoms with Crippen LogP contribution < -0.4 is 10.5 Å². The van der Waals surface area contributed by atoms with Crippen LogP contribution in [0.5, 0.6) is 5.75 Å². The Labute approximate surface area is 111 Å². The Morgan fingerprint density at radius 1 is 1.21 bits per heavy atom. The first-order valence-corrected chi connectivity index (χ1v) is 5.80. The molecule has 96 valence electrons. The average Bonchev–Trinajstić information content (AvgIpc) is 2.45. The van der Waals surface area contributed by atoms with E-state index < -0.39 is 0 Å². The lowest BCUT2D eigenvalue weighted by Gasteiger charge is -2.08. The summed E-state index contributed by atoms with van der Waals surface area (Å²) in [5.74, 6) is 5.68. The highest BCUT2D eigenvalue weighted by atomic mass is 19.1. The third-order valence-electron chi connectivity index (χ3n) is 2.41. The summed E-state index contributed by atoms with van der Waals surface area (Å²) in [6.45, 7) is 0.603. The second kappa shape index (κ2) is 6.53.